The van der Waals surface area contributed by atoms with Gasteiger partial charge < -0.3 is 19.5 Å². The predicted octanol–water partition coefficient (Wildman–Crippen LogP) is 5.03. The molecule has 0 aliphatic rings. The van der Waals surface area contributed by atoms with E-state index in [-0.39, 0.29) is 24.3 Å². The Morgan fingerprint density at radius 1 is 0.971 bits per heavy atom. The number of carbonyl (C=O) groups is 2. The van der Waals surface area contributed by atoms with Crippen molar-refractivity contribution in [2.75, 3.05) is 26.2 Å². The molecule has 2 aromatic carbocycles. The molecule has 3 aromatic rings. The number of para-hydroxylation sites is 1. The molecule has 0 saturated carbocycles. The summed E-state index contributed by atoms with van der Waals surface area (Å²) in [5.74, 6) is 0.675. The van der Waals surface area contributed by atoms with Gasteiger partial charge in [0.1, 0.15) is 5.75 Å². The van der Waals surface area contributed by atoms with Crippen LogP contribution in [0.2, 0.25) is 0 Å². The van der Waals surface area contributed by atoms with E-state index >= 15 is 0 Å². The Bertz CT molecular complexity index is 1070. The van der Waals surface area contributed by atoms with E-state index < -0.39 is 0 Å². The van der Waals surface area contributed by atoms with Gasteiger partial charge in [-0.05, 0) is 49.1 Å². The summed E-state index contributed by atoms with van der Waals surface area (Å²) in [6.45, 7) is 10.1. The molecule has 0 aliphatic heterocycles. The summed E-state index contributed by atoms with van der Waals surface area (Å²) in [5, 5.41) is 1.18. The largest absolute Gasteiger partial charge is 0.494 e. The normalized spacial score (nSPS) is 11.1. The van der Waals surface area contributed by atoms with Crippen molar-refractivity contribution in [2.45, 2.75) is 47.1 Å². The average molecular weight is 464 g/mol. The topological polar surface area (TPSA) is 65.6 Å². The van der Waals surface area contributed by atoms with Crippen molar-refractivity contribution in [2.24, 2.45) is 5.92 Å². The first kappa shape index (κ1) is 25.3. The summed E-state index contributed by atoms with van der Waals surface area (Å²) >= 11 is 0. The standard InChI is InChI=1S/C28H37N3O3/c1-5-16-31(28(33)21(3)4)20-27(32)30(19-22-11-13-24(14-12-22)34-6-2)17-15-23-18-29-26-10-8-7-9-25(23)26/h7-14,18,21,29H,5-6,15-17,19-20H2,1-4H3. The van der Waals surface area contributed by atoms with Crippen LogP contribution in [-0.2, 0) is 22.6 Å². The Kier molecular flexibility index (Phi) is 9.14. The van der Waals surface area contributed by atoms with Gasteiger partial charge in [0.2, 0.25) is 11.8 Å². The summed E-state index contributed by atoms with van der Waals surface area (Å²) in [4.78, 5) is 33.0. The molecule has 0 spiro atoms. The molecule has 0 saturated heterocycles. The molecule has 182 valence electrons. The van der Waals surface area contributed by atoms with E-state index in [1.54, 1.807) is 4.90 Å². The van der Waals surface area contributed by atoms with E-state index in [0.717, 1.165) is 29.7 Å². The molecule has 1 N–H and O–H groups in total. The van der Waals surface area contributed by atoms with Crippen LogP contribution in [0, 0.1) is 5.92 Å². The Morgan fingerprint density at radius 2 is 1.71 bits per heavy atom. The average Bonchev–Trinajstić information content (AvgIpc) is 3.25. The molecular weight excluding hydrogens is 426 g/mol. The fourth-order valence-corrected chi connectivity index (χ4v) is 4.13. The molecule has 1 aromatic heterocycles. The van der Waals surface area contributed by atoms with Crippen LogP contribution in [0.5, 0.6) is 5.75 Å². The number of amides is 2. The third kappa shape index (κ3) is 6.62. The number of aromatic amines is 1. The Balaban J connectivity index is 1.78. The van der Waals surface area contributed by atoms with Gasteiger partial charge in [0.05, 0.1) is 13.2 Å². The van der Waals surface area contributed by atoms with Gasteiger partial charge in [-0.1, -0.05) is 51.1 Å². The van der Waals surface area contributed by atoms with E-state index in [0.29, 0.717) is 26.2 Å². The zero-order valence-electron chi connectivity index (χ0n) is 20.8. The van der Waals surface area contributed by atoms with Gasteiger partial charge in [-0.2, -0.15) is 0 Å². The van der Waals surface area contributed by atoms with E-state index in [2.05, 4.69) is 17.1 Å². The summed E-state index contributed by atoms with van der Waals surface area (Å²) < 4.78 is 5.55. The third-order valence-corrected chi connectivity index (χ3v) is 5.91. The number of rotatable bonds is 12. The number of hydrogen-bond acceptors (Lipinski definition) is 3. The fourth-order valence-electron chi connectivity index (χ4n) is 4.13. The zero-order valence-corrected chi connectivity index (χ0v) is 20.8. The summed E-state index contributed by atoms with van der Waals surface area (Å²) in [7, 11) is 0. The Labute approximate surface area is 202 Å². The third-order valence-electron chi connectivity index (χ3n) is 5.91. The second-order valence-electron chi connectivity index (χ2n) is 8.92. The smallest absolute Gasteiger partial charge is 0.242 e. The highest BCUT2D eigenvalue weighted by Gasteiger charge is 2.23. The quantitative estimate of drug-likeness (QED) is 0.410. The van der Waals surface area contributed by atoms with Gasteiger partial charge in [-0.15, -0.1) is 0 Å². The number of H-pyrrole nitrogens is 1. The second kappa shape index (κ2) is 12.3. The number of ether oxygens (including phenoxy) is 1. The van der Waals surface area contributed by atoms with E-state index in [9.17, 15) is 9.59 Å². The lowest BCUT2D eigenvalue weighted by Gasteiger charge is -2.28. The zero-order chi connectivity index (χ0) is 24.5. The van der Waals surface area contributed by atoms with E-state index in [4.69, 9.17) is 4.74 Å². The molecule has 3 rings (SSSR count). The first-order chi connectivity index (χ1) is 16.4. The Hall–Kier alpha value is -3.28. The SMILES string of the molecule is CCCN(CC(=O)N(CCc1c[nH]c2ccccc12)Cc1ccc(OCC)cc1)C(=O)C(C)C. The molecule has 0 fully saturated rings. The van der Waals surface area contributed by atoms with Crippen molar-refractivity contribution < 1.29 is 14.3 Å². The lowest BCUT2D eigenvalue weighted by molar-refractivity contribution is -0.142. The molecular formula is C28H37N3O3. The number of aromatic nitrogens is 1. The molecule has 0 atom stereocenters. The highest BCUT2D eigenvalue weighted by atomic mass is 16.5. The van der Waals surface area contributed by atoms with Crippen LogP contribution in [0.1, 0.15) is 45.2 Å². The van der Waals surface area contributed by atoms with Crippen LogP contribution >= 0.6 is 0 Å². The van der Waals surface area contributed by atoms with Gasteiger partial charge in [0.15, 0.2) is 0 Å². The molecule has 34 heavy (non-hydrogen) atoms. The molecule has 2 amide bonds. The minimum Gasteiger partial charge on any atom is -0.494 e. The van der Waals surface area contributed by atoms with Crippen LogP contribution in [0.25, 0.3) is 10.9 Å². The molecule has 6 nitrogen and oxygen atoms in total. The lowest BCUT2D eigenvalue weighted by atomic mass is 10.1. The van der Waals surface area contributed by atoms with E-state index in [1.165, 1.54) is 10.9 Å². The molecule has 6 heteroatoms. The number of nitrogens with zero attached hydrogens (tertiary/aromatic N) is 2. The van der Waals surface area contributed by atoms with Gasteiger partial charge in [-0.25, -0.2) is 0 Å². The van der Waals surface area contributed by atoms with Crippen molar-refractivity contribution in [3.8, 4) is 5.75 Å². The van der Waals surface area contributed by atoms with Crippen molar-refractivity contribution in [1.82, 2.24) is 14.8 Å². The fraction of sp³-hybridized carbons (Fsp3) is 0.429. The number of hydrogen-bond donors (Lipinski definition) is 1. The monoisotopic (exact) mass is 463 g/mol. The van der Waals surface area contributed by atoms with Crippen LogP contribution in [0.3, 0.4) is 0 Å². The minimum atomic E-state index is -0.134. The van der Waals surface area contributed by atoms with E-state index in [1.807, 2.05) is 75.2 Å². The Morgan fingerprint density at radius 3 is 2.38 bits per heavy atom. The minimum absolute atomic E-state index is 0.0212. The molecule has 0 radical (unpaired) electrons. The summed E-state index contributed by atoms with van der Waals surface area (Å²) in [5.41, 5.74) is 3.32. The first-order valence-corrected chi connectivity index (χ1v) is 12.3. The van der Waals surface area contributed by atoms with Gasteiger partial charge in [0.25, 0.3) is 0 Å². The second-order valence-corrected chi connectivity index (χ2v) is 8.92. The van der Waals surface area contributed by atoms with Crippen molar-refractivity contribution in [1.29, 1.82) is 0 Å². The van der Waals surface area contributed by atoms with Crippen LogP contribution in [0.4, 0.5) is 0 Å². The maximum atomic E-state index is 13.5. The molecule has 0 bridgehead atoms. The van der Waals surface area contributed by atoms with Crippen LogP contribution < -0.4 is 4.74 Å². The molecule has 1 heterocycles. The number of nitrogens with one attached hydrogen (secondary N) is 1. The number of fused-ring (bicyclic) bond motifs is 1. The number of benzene rings is 2. The van der Waals surface area contributed by atoms with Crippen LogP contribution in [-0.4, -0.2) is 52.8 Å². The maximum Gasteiger partial charge on any atom is 0.242 e. The molecule has 0 aliphatic carbocycles. The van der Waals surface area contributed by atoms with Gasteiger partial charge in [-0.3, -0.25) is 9.59 Å². The van der Waals surface area contributed by atoms with Crippen molar-refractivity contribution in [3.63, 3.8) is 0 Å². The first-order valence-electron chi connectivity index (χ1n) is 12.3. The highest BCUT2D eigenvalue weighted by Crippen LogP contribution is 2.20. The maximum absolute atomic E-state index is 13.5. The van der Waals surface area contributed by atoms with Crippen molar-refractivity contribution in [3.05, 3.63) is 65.9 Å². The number of carbonyl (C=O) groups excluding carboxylic acids is 2. The predicted molar refractivity (Wildman–Crippen MR) is 137 cm³/mol. The summed E-state index contributed by atoms with van der Waals surface area (Å²) in [6, 6.07) is 16.1. The van der Waals surface area contributed by atoms with Gasteiger partial charge >= 0.3 is 0 Å². The summed E-state index contributed by atoms with van der Waals surface area (Å²) in [6.07, 6.45) is 3.58. The highest BCUT2D eigenvalue weighted by molar-refractivity contribution is 5.86. The van der Waals surface area contributed by atoms with Crippen molar-refractivity contribution >= 4 is 22.7 Å². The molecule has 0 unspecified atom stereocenters. The van der Waals surface area contributed by atoms with Gasteiger partial charge in [0, 0.05) is 42.7 Å². The van der Waals surface area contributed by atoms with Crippen LogP contribution in [0.15, 0.2) is 54.7 Å². The lowest BCUT2D eigenvalue weighted by Crippen LogP contribution is -2.44.